The van der Waals surface area contributed by atoms with Crippen LogP contribution in [0.1, 0.15) is 5.56 Å². The molecule has 1 aromatic carbocycles. The van der Waals surface area contributed by atoms with E-state index in [2.05, 4.69) is 10.3 Å². The van der Waals surface area contributed by atoms with Crippen molar-refractivity contribution in [2.75, 3.05) is 0 Å². The van der Waals surface area contributed by atoms with E-state index in [4.69, 9.17) is 5.73 Å². The van der Waals surface area contributed by atoms with Gasteiger partial charge >= 0.3 is 0 Å². The van der Waals surface area contributed by atoms with Gasteiger partial charge in [-0.3, -0.25) is 0 Å². The van der Waals surface area contributed by atoms with Gasteiger partial charge in [0.25, 0.3) is 0 Å². The summed E-state index contributed by atoms with van der Waals surface area (Å²) in [6.07, 6.45) is 3.45. The van der Waals surface area contributed by atoms with Gasteiger partial charge in [-0.15, -0.1) is 5.10 Å². The fraction of sp³-hybridized carbons (Fsp3) is 0.111. The number of rotatable bonds is 2. The van der Waals surface area contributed by atoms with Gasteiger partial charge in [0.15, 0.2) is 0 Å². The molecule has 0 radical (unpaired) electrons. The van der Waals surface area contributed by atoms with Crippen molar-refractivity contribution in [3.63, 3.8) is 0 Å². The zero-order valence-corrected chi connectivity index (χ0v) is 7.09. The molecule has 0 aliphatic heterocycles. The van der Waals surface area contributed by atoms with Gasteiger partial charge < -0.3 is 5.73 Å². The molecule has 1 heterocycles. The van der Waals surface area contributed by atoms with Crippen molar-refractivity contribution in [2.24, 2.45) is 5.73 Å². The van der Waals surface area contributed by atoms with Crippen LogP contribution >= 0.6 is 0 Å². The minimum atomic E-state index is 0.544. The van der Waals surface area contributed by atoms with Crippen molar-refractivity contribution in [1.29, 1.82) is 0 Å². The highest BCUT2D eigenvalue weighted by molar-refractivity contribution is 5.34. The van der Waals surface area contributed by atoms with Crippen molar-refractivity contribution < 1.29 is 0 Å². The Kier molecular flexibility index (Phi) is 2.06. The van der Waals surface area contributed by atoms with Gasteiger partial charge in [-0.25, -0.2) is 4.68 Å². The number of nitrogens with zero attached hydrogens (tertiary/aromatic N) is 3. The lowest BCUT2D eigenvalue weighted by Crippen LogP contribution is -1.99. The molecule has 2 rings (SSSR count). The molecule has 0 atom stereocenters. The molecule has 0 fully saturated rings. The minimum Gasteiger partial charge on any atom is -0.326 e. The molecule has 2 aromatic rings. The van der Waals surface area contributed by atoms with Crippen molar-refractivity contribution in [2.45, 2.75) is 6.54 Å². The third kappa shape index (κ3) is 1.57. The zero-order chi connectivity index (χ0) is 9.10. The molecular weight excluding hydrogens is 164 g/mol. The first kappa shape index (κ1) is 7.94. The molecule has 13 heavy (non-hydrogen) atoms. The second-order valence-corrected chi connectivity index (χ2v) is 2.72. The Bertz CT molecular complexity index is 380. The van der Waals surface area contributed by atoms with Crippen LogP contribution in [0.15, 0.2) is 36.7 Å². The second-order valence-electron chi connectivity index (χ2n) is 2.72. The maximum atomic E-state index is 5.53. The van der Waals surface area contributed by atoms with E-state index in [9.17, 15) is 0 Å². The Morgan fingerprint density at radius 2 is 2.31 bits per heavy atom. The molecule has 0 amide bonds. The van der Waals surface area contributed by atoms with Crippen LogP contribution in [-0.4, -0.2) is 15.0 Å². The van der Waals surface area contributed by atoms with Crippen LogP contribution < -0.4 is 5.73 Å². The topological polar surface area (TPSA) is 56.7 Å². The summed E-state index contributed by atoms with van der Waals surface area (Å²) in [5.41, 5.74) is 7.60. The first-order chi connectivity index (χ1) is 6.40. The highest BCUT2D eigenvalue weighted by Gasteiger charge is 1.96. The van der Waals surface area contributed by atoms with Crippen molar-refractivity contribution in [3.8, 4) is 5.69 Å². The Labute approximate surface area is 76.0 Å². The van der Waals surface area contributed by atoms with E-state index in [-0.39, 0.29) is 0 Å². The molecule has 0 aliphatic rings. The summed E-state index contributed by atoms with van der Waals surface area (Å²) < 4.78 is 1.71. The molecular formula is C9H10N4. The first-order valence-electron chi connectivity index (χ1n) is 4.06. The SMILES string of the molecule is NCc1cccc(-n2ccnn2)c1. The van der Waals surface area contributed by atoms with Crippen LogP contribution in [0.5, 0.6) is 0 Å². The van der Waals surface area contributed by atoms with Gasteiger partial charge in [-0.2, -0.15) is 0 Å². The smallest absolute Gasteiger partial charge is 0.0697 e. The van der Waals surface area contributed by atoms with Crippen LogP contribution in [0.25, 0.3) is 5.69 Å². The predicted octanol–water partition coefficient (Wildman–Crippen LogP) is 0.726. The number of benzene rings is 1. The highest BCUT2D eigenvalue weighted by atomic mass is 15.4. The third-order valence-electron chi connectivity index (χ3n) is 1.83. The minimum absolute atomic E-state index is 0.544. The molecule has 0 saturated heterocycles. The van der Waals surface area contributed by atoms with Gasteiger partial charge in [0.1, 0.15) is 0 Å². The van der Waals surface area contributed by atoms with E-state index in [1.165, 1.54) is 0 Å². The van der Waals surface area contributed by atoms with Crippen LogP contribution in [0.2, 0.25) is 0 Å². The van der Waals surface area contributed by atoms with Gasteiger partial charge in [-0.1, -0.05) is 17.3 Å². The molecule has 0 aliphatic carbocycles. The van der Waals surface area contributed by atoms with Gasteiger partial charge in [0.2, 0.25) is 0 Å². The van der Waals surface area contributed by atoms with Crippen LogP contribution in [0, 0.1) is 0 Å². The third-order valence-corrected chi connectivity index (χ3v) is 1.83. The molecule has 0 unspecified atom stereocenters. The van der Waals surface area contributed by atoms with E-state index in [1.807, 2.05) is 24.3 Å². The highest BCUT2D eigenvalue weighted by Crippen LogP contribution is 2.07. The fourth-order valence-electron chi connectivity index (χ4n) is 1.17. The van der Waals surface area contributed by atoms with E-state index in [0.717, 1.165) is 11.3 Å². The molecule has 2 N–H and O–H groups in total. The predicted molar refractivity (Wildman–Crippen MR) is 49.3 cm³/mol. The fourth-order valence-corrected chi connectivity index (χ4v) is 1.17. The second kappa shape index (κ2) is 3.37. The number of aromatic nitrogens is 3. The van der Waals surface area contributed by atoms with Gasteiger partial charge in [0, 0.05) is 6.54 Å². The molecule has 0 saturated carbocycles. The molecule has 4 nitrogen and oxygen atoms in total. The Morgan fingerprint density at radius 3 is 3.00 bits per heavy atom. The molecule has 0 bridgehead atoms. The molecule has 66 valence electrons. The van der Waals surface area contributed by atoms with Crippen molar-refractivity contribution >= 4 is 0 Å². The maximum absolute atomic E-state index is 5.53. The monoisotopic (exact) mass is 174 g/mol. The maximum Gasteiger partial charge on any atom is 0.0697 e. The summed E-state index contributed by atoms with van der Waals surface area (Å²) in [7, 11) is 0. The summed E-state index contributed by atoms with van der Waals surface area (Å²) in [6.45, 7) is 0.544. The average molecular weight is 174 g/mol. The quantitative estimate of drug-likeness (QED) is 0.730. The van der Waals surface area contributed by atoms with Crippen LogP contribution in [-0.2, 0) is 6.54 Å². The molecule has 0 spiro atoms. The summed E-state index contributed by atoms with van der Waals surface area (Å²) in [5.74, 6) is 0. The van der Waals surface area contributed by atoms with E-state index in [0.29, 0.717) is 6.54 Å². The molecule has 1 aromatic heterocycles. The van der Waals surface area contributed by atoms with E-state index < -0.39 is 0 Å². The van der Waals surface area contributed by atoms with E-state index in [1.54, 1.807) is 17.1 Å². The number of nitrogens with two attached hydrogens (primary N) is 1. The normalized spacial score (nSPS) is 10.2. The van der Waals surface area contributed by atoms with Crippen LogP contribution in [0.3, 0.4) is 0 Å². The first-order valence-corrected chi connectivity index (χ1v) is 4.06. The largest absolute Gasteiger partial charge is 0.326 e. The summed E-state index contributed by atoms with van der Waals surface area (Å²) in [4.78, 5) is 0. The van der Waals surface area contributed by atoms with Crippen molar-refractivity contribution in [3.05, 3.63) is 42.2 Å². The average Bonchev–Trinajstić information content (AvgIpc) is 2.71. The Morgan fingerprint density at radius 1 is 1.38 bits per heavy atom. The lowest BCUT2D eigenvalue weighted by Gasteiger charge is -2.01. The van der Waals surface area contributed by atoms with Crippen molar-refractivity contribution in [1.82, 2.24) is 15.0 Å². The Hall–Kier alpha value is -1.68. The summed E-state index contributed by atoms with van der Waals surface area (Å²) in [6, 6.07) is 7.90. The zero-order valence-electron chi connectivity index (χ0n) is 7.09. The standard InChI is InChI=1S/C9H10N4/c10-7-8-2-1-3-9(6-8)13-5-4-11-12-13/h1-6H,7,10H2. The summed E-state index contributed by atoms with van der Waals surface area (Å²) in [5, 5.41) is 7.62. The molecule has 4 heteroatoms. The number of hydrogen-bond donors (Lipinski definition) is 1. The summed E-state index contributed by atoms with van der Waals surface area (Å²) >= 11 is 0. The van der Waals surface area contributed by atoms with E-state index >= 15 is 0 Å². The van der Waals surface area contributed by atoms with Crippen LogP contribution in [0.4, 0.5) is 0 Å². The lowest BCUT2D eigenvalue weighted by atomic mass is 10.2. The van der Waals surface area contributed by atoms with Gasteiger partial charge in [0.05, 0.1) is 18.1 Å². The van der Waals surface area contributed by atoms with Gasteiger partial charge in [-0.05, 0) is 17.7 Å². The lowest BCUT2D eigenvalue weighted by molar-refractivity contribution is 0.801. The Balaban J connectivity index is 2.41. The number of hydrogen-bond acceptors (Lipinski definition) is 3.